The van der Waals surface area contributed by atoms with E-state index in [2.05, 4.69) is 5.16 Å². The van der Waals surface area contributed by atoms with Gasteiger partial charge < -0.3 is 16.0 Å². The van der Waals surface area contributed by atoms with Crippen molar-refractivity contribution >= 4 is 5.82 Å². The minimum absolute atomic E-state index is 0.415. The summed E-state index contributed by atoms with van der Waals surface area (Å²) in [6, 6.07) is 1.67. The van der Waals surface area contributed by atoms with Gasteiger partial charge in [0, 0.05) is 12.5 Å². The fourth-order valence-corrected chi connectivity index (χ4v) is 0.589. The number of anilines is 1. The molecule has 50 valence electrons. The molecule has 1 heterocycles. The largest absolute Gasteiger partial charge is 0.381 e. The van der Waals surface area contributed by atoms with Crippen molar-refractivity contribution in [1.29, 1.82) is 0 Å². The van der Waals surface area contributed by atoms with Crippen LogP contribution in [0.25, 0.3) is 0 Å². The Bertz CT molecular complexity index is 184. The van der Waals surface area contributed by atoms with E-state index in [4.69, 9.17) is 16.0 Å². The van der Waals surface area contributed by atoms with Crippen molar-refractivity contribution in [2.45, 2.75) is 6.42 Å². The molecule has 0 bridgehead atoms. The van der Waals surface area contributed by atoms with Crippen LogP contribution in [0.15, 0.2) is 10.6 Å². The van der Waals surface area contributed by atoms with Gasteiger partial charge in [0.2, 0.25) is 0 Å². The van der Waals surface area contributed by atoms with Crippen LogP contribution in [0, 0.1) is 0 Å². The summed E-state index contributed by atoms with van der Waals surface area (Å²) in [7, 11) is 0. The predicted molar refractivity (Wildman–Crippen MR) is 33.7 cm³/mol. The molecule has 4 nitrogen and oxygen atoms in total. The van der Waals surface area contributed by atoms with Crippen LogP contribution in [-0.2, 0) is 6.42 Å². The molecular weight excluding hydrogens is 118 g/mol. The molecular formula is C5H9N3O. The quantitative estimate of drug-likeness (QED) is 0.574. The van der Waals surface area contributed by atoms with Crippen LogP contribution in [0.5, 0.6) is 0 Å². The first-order valence-electron chi connectivity index (χ1n) is 2.74. The van der Waals surface area contributed by atoms with E-state index in [0.717, 1.165) is 5.76 Å². The lowest BCUT2D eigenvalue weighted by atomic mass is 10.3. The van der Waals surface area contributed by atoms with Crippen molar-refractivity contribution in [2.24, 2.45) is 5.73 Å². The predicted octanol–water partition coefficient (Wildman–Crippen LogP) is -0.242. The fraction of sp³-hybridized carbons (Fsp3) is 0.400. The minimum atomic E-state index is 0.415. The Labute approximate surface area is 52.8 Å². The smallest absolute Gasteiger partial charge is 0.167 e. The second-order valence-electron chi connectivity index (χ2n) is 1.76. The standard InChI is InChI=1S/C5H9N3O/c6-2-1-4-3-5(7)8-9-4/h3H,1-2,6H2,(H2,7,8). The molecule has 1 aromatic heterocycles. The van der Waals surface area contributed by atoms with Gasteiger partial charge >= 0.3 is 0 Å². The number of nitrogens with zero attached hydrogens (tertiary/aromatic N) is 1. The Morgan fingerprint density at radius 1 is 1.67 bits per heavy atom. The molecule has 0 radical (unpaired) electrons. The average molecular weight is 127 g/mol. The zero-order valence-electron chi connectivity index (χ0n) is 5.00. The number of aromatic nitrogens is 1. The molecule has 0 unspecified atom stereocenters. The van der Waals surface area contributed by atoms with E-state index in [0.29, 0.717) is 18.8 Å². The van der Waals surface area contributed by atoms with Crippen LogP contribution < -0.4 is 11.5 Å². The number of rotatable bonds is 2. The van der Waals surface area contributed by atoms with E-state index >= 15 is 0 Å². The molecule has 0 aromatic carbocycles. The Kier molecular flexibility index (Phi) is 1.69. The van der Waals surface area contributed by atoms with E-state index < -0.39 is 0 Å². The van der Waals surface area contributed by atoms with Gasteiger partial charge in [0.15, 0.2) is 5.82 Å². The summed E-state index contributed by atoms with van der Waals surface area (Å²) >= 11 is 0. The first kappa shape index (κ1) is 6.10. The second kappa shape index (κ2) is 2.50. The Morgan fingerprint density at radius 2 is 2.44 bits per heavy atom. The molecule has 0 aliphatic heterocycles. The molecule has 1 aromatic rings. The number of nitrogens with two attached hydrogens (primary N) is 2. The topological polar surface area (TPSA) is 78.1 Å². The molecule has 4 heteroatoms. The van der Waals surface area contributed by atoms with Crippen LogP contribution in [0.3, 0.4) is 0 Å². The molecule has 0 spiro atoms. The Balaban J connectivity index is 2.61. The summed E-state index contributed by atoms with van der Waals surface area (Å²) in [6.45, 7) is 0.564. The first-order valence-corrected chi connectivity index (χ1v) is 2.74. The van der Waals surface area contributed by atoms with Crippen molar-refractivity contribution in [3.05, 3.63) is 11.8 Å². The molecule has 1 rings (SSSR count). The molecule has 0 aliphatic rings. The highest BCUT2D eigenvalue weighted by Gasteiger charge is 1.96. The SMILES string of the molecule is NCCc1cc(N)no1. The van der Waals surface area contributed by atoms with Crippen LogP contribution in [0.1, 0.15) is 5.76 Å². The normalized spacial score (nSPS) is 9.89. The third kappa shape index (κ3) is 1.43. The van der Waals surface area contributed by atoms with Crippen LogP contribution in [0.2, 0.25) is 0 Å². The van der Waals surface area contributed by atoms with Gasteiger partial charge in [0.1, 0.15) is 5.76 Å². The van der Waals surface area contributed by atoms with Gasteiger partial charge in [0.05, 0.1) is 0 Å². The molecule has 0 fully saturated rings. The zero-order valence-corrected chi connectivity index (χ0v) is 5.00. The molecule has 0 saturated carbocycles. The summed E-state index contributed by atoms with van der Waals surface area (Å²) < 4.78 is 4.75. The van der Waals surface area contributed by atoms with Gasteiger partial charge in [-0.3, -0.25) is 0 Å². The minimum Gasteiger partial charge on any atom is -0.381 e. The number of nitrogen functional groups attached to an aromatic ring is 1. The lowest BCUT2D eigenvalue weighted by Crippen LogP contribution is -2.01. The van der Waals surface area contributed by atoms with E-state index in [9.17, 15) is 0 Å². The number of hydrogen-bond acceptors (Lipinski definition) is 4. The second-order valence-corrected chi connectivity index (χ2v) is 1.76. The van der Waals surface area contributed by atoms with Gasteiger partial charge in [-0.1, -0.05) is 5.16 Å². The molecule has 9 heavy (non-hydrogen) atoms. The van der Waals surface area contributed by atoms with Crippen molar-refractivity contribution in [3.63, 3.8) is 0 Å². The van der Waals surface area contributed by atoms with Crippen LogP contribution >= 0.6 is 0 Å². The maximum Gasteiger partial charge on any atom is 0.167 e. The average Bonchev–Trinajstić information content (AvgIpc) is 2.17. The third-order valence-electron chi connectivity index (χ3n) is 0.968. The van der Waals surface area contributed by atoms with E-state index in [-0.39, 0.29) is 0 Å². The molecule has 4 N–H and O–H groups in total. The van der Waals surface area contributed by atoms with Crippen molar-refractivity contribution < 1.29 is 4.52 Å². The van der Waals surface area contributed by atoms with Gasteiger partial charge in [-0.2, -0.15) is 0 Å². The lowest BCUT2D eigenvalue weighted by molar-refractivity contribution is 0.387. The van der Waals surface area contributed by atoms with Gasteiger partial charge in [0.25, 0.3) is 0 Å². The van der Waals surface area contributed by atoms with Crippen molar-refractivity contribution in [2.75, 3.05) is 12.3 Å². The Hall–Kier alpha value is -1.03. The maximum atomic E-state index is 5.26. The third-order valence-corrected chi connectivity index (χ3v) is 0.968. The molecule has 0 amide bonds. The van der Waals surface area contributed by atoms with Gasteiger partial charge in [-0.25, -0.2) is 0 Å². The van der Waals surface area contributed by atoms with Crippen molar-refractivity contribution in [1.82, 2.24) is 5.16 Å². The zero-order chi connectivity index (χ0) is 6.69. The molecule has 0 saturated heterocycles. The highest BCUT2D eigenvalue weighted by Crippen LogP contribution is 2.03. The summed E-state index contributed by atoms with van der Waals surface area (Å²) in [6.07, 6.45) is 0.699. The van der Waals surface area contributed by atoms with Gasteiger partial charge in [-0.05, 0) is 6.54 Å². The summed E-state index contributed by atoms with van der Waals surface area (Å²) in [4.78, 5) is 0. The summed E-state index contributed by atoms with van der Waals surface area (Å²) in [5.74, 6) is 1.16. The first-order chi connectivity index (χ1) is 4.33. The van der Waals surface area contributed by atoms with Gasteiger partial charge in [-0.15, -0.1) is 0 Å². The Morgan fingerprint density at radius 3 is 2.89 bits per heavy atom. The van der Waals surface area contributed by atoms with Crippen molar-refractivity contribution in [3.8, 4) is 0 Å². The molecule has 0 aliphatic carbocycles. The summed E-state index contributed by atoms with van der Waals surface area (Å²) in [5.41, 5.74) is 10.5. The highest BCUT2D eigenvalue weighted by molar-refractivity contribution is 5.26. The summed E-state index contributed by atoms with van der Waals surface area (Å²) in [5, 5.41) is 3.48. The van der Waals surface area contributed by atoms with Crippen LogP contribution in [0.4, 0.5) is 5.82 Å². The van der Waals surface area contributed by atoms with Crippen LogP contribution in [-0.4, -0.2) is 11.7 Å². The lowest BCUT2D eigenvalue weighted by Gasteiger charge is -1.83. The van der Waals surface area contributed by atoms with E-state index in [1.165, 1.54) is 0 Å². The highest BCUT2D eigenvalue weighted by atomic mass is 16.5. The maximum absolute atomic E-state index is 5.26. The van der Waals surface area contributed by atoms with E-state index in [1.54, 1.807) is 6.07 Å². The van der Waals surface area contributed by atoms with E-state index in [1.807, 2.05) is 0 Å². The number of hydrogen-bond donors (Lipinski definition) is 2. The molecule has 0 atom stereocenters. The monoisotopic (exact) mass is 127 g/mol. The fourth-order valence-electron chi connectivity index (χ4n) is 0.589.